The van der Waals surface area contributed by atoms with Crippen molar-refractivity contribution in [2.24, 2.45) is 10.7 Å². The molecule has 1 aromatic carbocycles. The van der Waals surface area contributed by atoms with Crippen LogP contribution in [0.25, 0.3) is 0 Å². The molecule has 3 rings (SSSR count). The number of nitrogens with one attached hydrogen (secondary N) is 1. The maximum Gasteiger partial charge on any atom is 0.193 e. The fraction of sp³-hybridized carbons (Fsp3) is 0.632. The molecule has 0 aromatic heterocycles. The van der Waals surface area contributed by atoms with Gasteiger partial charge in [0.25, 0.3) is 0 Å². The van der Waals surface area contributed by atoms with E-state index in [0.717, 1.165) is 24.3 Å². The van der Waals surface area contributed by atoms with Crippen LogP contribution < -0.4 is 20.5 Å². The first kappa shape index (κ1) is 17.9. The van der Waals surface area contributed by atoms with Gasteiger partial charge in [-0.1, -0.05) is 19.3 Å². The van der Waals surface area contributed by atoms with E-state index in [1.807, 2.05) is 18.2 Å². The van der Waals surface area contributed by atoms with Gasteiger partial charge in [0.05, 0.1) is 38.2 Å². The van der Waals surface area contributed by atoms with Gasteiger partial charge >= 0.3 is 0 Å². The van der Waals surface area contributed by atoms with Crippen molar-refractivity contribution >= 4 is 11.6 Å². The lowest BCUT2D eigenvalue weighted by Gasteiger charge is -2.33. The number of nitrogens with zero attached hydrogens (tertiary/aromatic N) is 1. The standard InChI is InChI=1S/C19H29N3O3/c1-23-14-6-7-17(24-2)16(12-14)22-18(20)21-13-15-8-11-19(25-15)9-4-3-5-10-19/h6-7,12,15H,3-5,8-11,13H2,1-2H3,(H3,20,21,22). The molecule has 25 heavy (non-hydrogen) atoms. The van der Waals surface area contributed by atoms with E-state index in [9.17, 15) is 0 Å². The molecule has 1 aliphatic carbocycles. The number of ether oxygens (including phenoxy) is 3. The van der Waals surface area contributed by atoms with Crippen molar-refractivity contribution in [3.05, 3.63) is 18.2 Å². The fourth-order valence-corrected chi connectivity index (χ4v) is 3.88. The molecule has 1 aliphatic heterocycles. The SMILES string of the molecule is COc1ccc(OC)c(NC(N)=NCC2CCC3(CCCCC3)O2)c1. The number of nitrogens with two attached hydrogens (primary N) is 1. The average Bonchev–Trinajstić information content (AvgIpc) is 3.03. The first-order chi connectivity index (χ1) is 12.1. The number of benzene rings is 1. The van der Waals surface area contributed by atoms with Crippen LogP contribution in [0.15, 0.2) is 23.2 Å². The van der Waals surface area contributed by atoms with Gasteiger partial charge in [-0.05, 0) is 37.8 Å². The Morgan fingerprint density at radius 2 is 2.04 bits per heavy atom. The second-order valence-corrected chi connectivity index (χ2v) is 6.94. The lowest BCUT2D eigenvalue weighted by atomic mass is 9.83. The highest BCUT2D eigenvalue weighted by atomic mass is 16.5. The number of methoxy groups -OCH3 is 2. The van der Waals surface area contributed by atoms with Gasteiger partial charge < -0.3 is 25.3 Å². The minimum absolute atomic E-state index is 0.122. The van der Waals surface area contributed by atoms with Crippen LogP contribution in [0, 0.1) is 0 Å². The molecule has 1 saturated heterocycles. The monoisotopic (exact) mass is 347 g/mol. The molecule has 1 spiro atoms. The summed E-state index contributed by atoms with van der Waals surface area (Å²) in [6.07, 6.45) is 8.70. The quantitative estimate of drug-likeness (QED) is 0.631. The van der Waals surface area contributed by atoms with Crippen LogP contribution in [0.5, 0.6) is 11.5 Å². The van der Waals surface area contributed by atoms with Gasteiger partial charge in [0.15, 0.2) is 5.96 Å². The summed E-state index contributed by atoms with van der Waals surface area (Å²) in [5.74, 6) is 1.78. The Labute approximate surface area is 149 Å². The van der Waals surface area contributed by atoms with Gasteiger partial charge in [-0.25, -0.2) is 0 Å². The third-order valence-electron chi connectivity index (χ3n) is 5.24. The van der Waals surface area contributed by atoms with Gasteiger partial charge in [0.2, 0.25) is 0 Å². The van der Waals surface area contributed by atoms with Crippen molar-refractivity contribution in [1.82, 2.24) is 0 Å². The zero-order chi connectivity index (χ0) is 17.7. The van der Waals surface area contributed by atoms with Crippen LogP contribution >= 0.6 is 0 Å². The second-order valence-electron chi connectivity index (χ2n) is 6.94. The lowest BCUT2D eigenvalue weighted by molar-refractivity contribution is -0.0598. The third kappa shape index (κ3) is 4.37. The number of aliphatic imine (C=N–C) groups is 1. The zero-order valence-electron chi connectivity index (χ0n) is 15.2. The molecule has 6 heteroatoms. The van der Waals surface area contributed by atoms with E-state index in [1.54, 1.807) is 14.2 Å². The predicted octanol–water partition coefficient (Wildman–Crippen LogP) is 3.31. The molecular weight excluding hydrogens is 318 g/mol. The van der Waals surface area contributed by atoms with Crippen molar-refractivity contribution in [2.45, 2.75) is 56.7 Å². The number of anilines is 1. The molecule has 0 amide bonds. The van der Waals surface area contributed by atoms with Gasteiger partial charge in [-0.2, -0.15) is 0 Å². The highest BCUT2D eigenvalue weighted by molar-refractivity contribution is 5.94. The number of rotatable bonds is 5. The Morgan fingerprint density at radius 3 is 2.76 bits per heavy atom. The van der Waals surface area contributed by atoms with E-state index < -0.39 is 0 Å². The normalized spacial score (nSPS) is 22.8. The highest BCUT2D eigenvalue weighted by Crippen LogP contribution is 2.41. The summed E-state index contributed by atoms with van der Waals surface area (Å²) < 4.78 is 16.9. The van der Waals surface area contributed by atoms with Crippen molar-refractivity contribution in [3.8, 4) is 11.5 Å². The van der Waals surface area contributed by atoms with Crippen LogP contribution in [-0.4, -0.2) is 38.4 Å². The Balaban J connectivity index is 1.57. The maximum atomic E-state index is 6.34. The molecule has 1 atom stereocenters. The van der Waals surface area contributed by atoms with Crippen molar-refractivity contribution in [3.63, 3.8) is 0 Å². The number of guanidine groups is 1. The van der Waals surface area contributed by atoms with Crippen LogP contribution in [0.2, 0.25) is 0 Å². The maximum absolute atomic E-state index is 6.34. The summed E-state index contributed by atoms with van der Waals surface area (Å²) in [5.41, 5.74) is 6.91. The minimum atomic E-state index is 0.122. The molecular formula is C19H29N3O3. The van der Waals surface area contributed by atoms with E-state index in [4.69, 9.17) is 19.9 Å². The Kier molecular flexibility index (Phi) is 5.68. The molecule has 2 aliphatic rings. The second kappa shape index (κ2) is 7.95. The van der Waals surface area contributed by atoms with Gasteiger partial charge in [-0.3, -0.25) is 4.99 Å². The first-order valence-electron chi connectivity index (χ1n) is 9.11. The number of hydrogen-bond acceptors (Lipinski definition) is 4. The largest absolute Gasteiger partial charge is 0.497 e. The molecule has 1 unspecified atom stereocenters. The summed E-state index contributed by atoms with van der Waals surface area (Å²) in [6, 6.07) is 5.51. The van der Waals surface area contributed by atoms with Crippen molar-refractivity contribution < 1.29 is 14.2 Å². The highest BCUT2D eigenvalue weighted by Gasteiger charge is 2.40. The molecule has 1 heterocycles. The van der Waals surface area contributed by atoms with E-state index in [1.165, 1.54) is 32.1 Å². The van der Waals surface area contributed by atoms with Crippen LogP contribution in [0.1, 0.15) is 44.9 Å². The molecule has 3 N–H and O–H groups in total. The van der Waals surface area contributed by atoms with E-state index in [-0.39, 0.29) is 11.7 Å². The fourth-order valence-electron chi connectivity index (χ4n) is 3.88. The van der Waals surface area contributed by atoms with Crippen LogP contribution in [-0.2, 0) is 4.74 Å². The smallest absolute Gasteiger partial charge is 0.193 e. The topological polar surface area (TPSA) is 78.1 Å². The number of hydrogen-bond donors (Lipinski definition) is 2. The third-order valence-corrected chi connectivity index (χ3v) is 5.24. The first-order valence-corrected chi connectivity index (χ1v) is 9.11. The van der Waals surface area contributed by atoms with Gasteiger partial charge in [-0.15, -0.1) is 0 Å². The van der Waals surface area contributed by atoms with E-state index in [0.29, 0.717) is 18.3 Å². The average molecular weight is 347 g/mol. The predicted molar refractivity (Wildman–Crippen MR) is 99.6 cm³/mol. The van der Waals surface area contributed by atoms with E-state index in [2.05, 4.69) is 10.3 Å². The van der Waals surface area contributed by atoms with Crippen molar-refractivity contribution in [1.29, 1.82) is 0 Å². The molecule has 1 aromatic rings. The van der Waals surface area contributed by atoms with Crippen LogP contribution in [0.3, 0.4) is 0 Å². The summed E-state index contributed by atoms with van der Waals surface area (Å²) in [7, 11) is 3.25. The summed E-state index contributed by atoms with van der Waals surface area (Å²) >= 11 is 0. The summed E-state index contributed by atoms with van der Waals surface area (Å²) in [6.45, 7) is 0.590. The molecule has 6 nitrogen and oxygen atoms in total. The van der Waals surface area contributed by atoms with Crippen molar-refractivity contribution in [2.75, 3.05) is 26.1 Å². The zero-order valence-corrected chi connectivity index (χ0v) is 15.2. The molecule has 1 saturated carbocycles. The summed E-state index contributed by atoms with van der Waals surface area (Å²) in [5, 5.41) is 3.10. The molecule has 138 valence electrons. The van der Waals surface area contributed by atoms with E-state index >= 15 is 0 Å². The minimum Gasteiger partial charge on any atom is -0.497 e. The molecule has 0 bridgehead atoms. The van der Waals surface area contributed by atoms with Crippen LogP contribution in [0.4, 0.5) is 5.69 Å². The Morgan fingerprint density at radius 1 is 1.24 bits per heavy atom. The Hall–Kier alpha value is -1.95. The lowest BCUT2D eigenvalue weighted by Crippen LogP contribution is -2.32. The van der Waals surface area contributed by atoms with Gasteiger partial charge in [0, 0.05) is 6.07 Å². The Bertz CT molecular complexity index is 612. The molecule has 2 fully saturated rings. The van der Waals surface area contributed by atoms with Gasteiger partial charge in [0.1, 0.15) is 11.5 Å². The molecule has 0 radical (unpaired) electrons. The summed E-state index contributed by atoms with van der Waals surface area (Å²) in [4.78, 5) is 4.47.